The minimum Gasteiger partial charge on any atom is -0.354 e. The summed E-state index contributed by atoms with van der Waals surface area (Å²) in [4.78, 5) is 10.6. The van der Waals surface area contributed by atoms with Gasteiger partial charge >= 0.3 is 0 Å². The molecule has 2 heterocycles. The predicted molar refractivity (Wildman–Crippen MR) is 64.0 cm³/mol. The van der Waals surface area contributed by atoms with Gasteiger partial charge in [0.15, 0.2) is 5.82 Å². The smallest absolute Gasteiger partial charge is 0.160 e. The maximum atomic E-state index is 5.30. The van der Waals surface area contributed by atoms with Crippen molar-refractivity contribution in [3.05, 3.63) is 12.4 Å². The number of thioether (sulfide) groups is 1. The second kappa shape index (κ2) is 4.67. The van der Waals surface area contributed by atoms with Gasteiger partial charge in [0.1, 0.15) is 5.82 Å². The molecule has 1 saturated heterocycles. The molecule has 0 saturated carbocycles. The SMILES string of the molecule is CN(c1cncc(NN)n1)C1CCSC1. The van der Waals surface area contributed by atoms with E-state index < -0.39 is 0 Å². The molecule has 1 aliphatic heterocycles. The van der Waals surface area contributed by atoms with Crippen molar-refractivity contribution >= 4 is 23.4 Å². The van der Waals surface area contributed by atoms with Gasteiger partial charge in [0.05, 0.1) is 12.4 Å². The fourth-order valence-electron chi connectivity index (χ4n) is 1.61. The van der Waals surface area contributed by atoms with E-state index in [2.05, 4.69) is 27.3 Å². The molecule has 5 nitrogen and oxygen atoms in total. The second-order valence-corrected chi connectivity index (χ2v) is 4.68. The van der Waals surface area contributed by atoms with Crippen molar-refractivity contribution in [2.24, 2.45) is 5.84 Å². The van der Waals surface area contributed by atoms with Crippen LogP contribution < -0.4 is 16.2 Å². The van der Waals surface area contributed by atoms with Gasteiger partial charge in [-0.1, -0.05) is 0 Å². The number of nitrogens with one attached hydrogen (secondary N) is 1. The van der Waals surface area contributed by atoms with Gasteiger partial charge < -0.3 is 10.3 Å². The lowest BCUT2D eigenvalue weighted by molar-refractivity contribution is 0.690. The molecule has 1 aromatic rings. The van der Waals surface area contributed by atoms with Gasteiger partial charge in [0, 0.05) is 18.8 Å². The van der Waals surface area contributed by atoms with E-state index in [9.17, 15) is 0 Å². The first-order valence-electron chi connectivity index (χ1n) is 4.90. The van der Waals surface area contributed by atoms with Gasteiger partial charge in [-0.2, -0.15) is 11.8 Å². The number of rotatable bonds is 3. The summed E-state index contributed by atoms with van der Waals surface area (Å²) in [5.74, 6) is 9.17. The third-order valence-electron chi connectivity index (χ3n) is 2.58. The molecule has 1 aromatic heterocycles. The van der Waals surface area contributed by atoms with Crippen molar-refractivity contribution in [3.8, 4) is 0 Å². The summed E-state index contributed by atoms with van der Waals surface area (Å²) < 4.78 is 0. The van der Waals surface area contributed by atoms with Gasteiger partial charge in [-0.3, -0.25) is 4.98 Å². The summed E-state index contributed by atoms with van der Waals surface area (Å²) in [6, 6.07) is 0.567. The molecule has 82 valence electrons. The summed E-state index contributed by atoms with van der Waals surface area (Å²) in [6.45, 7) is 0. The zero-order valence-corrected chi connectivity index (χ0v) is 9.50. The van der Waals surface area contributed by atoms with Crippen LogP contribution in [0, 0.1) is 0 Å². The van der Waals surface area contributed by atoms with Crippen LogP contribution in [0.3, 0.4) is 0 Å². The molecule has 0 aliphatic carbocycles. The Morgan fingerprint density at radius 3 is 3.13 bits per heavy atom. The van der Waals surface area contributed by atoms with Gasteiger partial charge in [0.2, 0.25) is 0 Å². The summed E-state index contributed by atoms with van der Waals surface area (Å²) in [5.41, 5.74) is 2.51. The average Bonchev–Trinajstić information content (AvgIpc) is 2.81. The van der Waals surface area contributed by atoms with Crippen molar-refractivity contribution in [2.75, 3.05) is 28.9 Å². The van der Waals surface area contributed by atoms with Crippen molar-refractivity contribution < 1.29 is 0 Å². The van der Waals surface area contributed by atoms with Crippen LogP contribution in [0.25, 0.3) is 0 Å². The number of nitrogens with two attached hydrogens (primary N) is 1. The van der Waals surface area contributed by atoms with Crippen LogP contribution in [0.1, 0.15) is 6.42 Å². The Morgan fingerprint density at radius 1 is 1.60 bits per heavy atom. The first-order valence-corrected chi connectivity index (χ1v) is 6.06. The number of hydrogen-bond acceptors (Lipinski definition) is 6. The monoisotopic (exact) mass is 225 g/mol. The Labute approximate surface area is 93.4 Å². The lowest BCUT2D eigenvalue weighted by Crippen LogP contribution is -2.32. The molecule has 1 unspecified atom stereocenters. The summed E-state index contributed by atoms with van der Waals surface area (Å²) in [6.07, 6.45) is 4.59. The number of aromatic nitrogens is 2. The zero-order chi connectivity index (χ0) is 10.7. The number of hydrazine groups is 1. The Bertz CT molecular complexity index is 326. The molecule has 0 bridgehead atoms. The third kappa shape index (κ3) is 2.32. The Balaban J connectivity index is 2.13. The molecule has 3 N–H and O–H groups in total. The molecule has 0 aromatic carbocycles. The van der Waals surface area contributed by atoms with E-state index in [-0.39, 0.29) is 0 Å². The van der Waals surface area contributed by atoms with E-state index >= 15 is 0 Å². The second-order valence-electron chi connectivity index (χ2n) is 3.54. The molecule has 2 rings (SSSR count). The van der Waals surface area contributed by atoms with Crippen LogP contribution in [-0.2, 0) is 0 Å². The largest absolute Gasteiger partial charge is 0.354 e. The Morgan fingerprint density at radius 2 is 2.47 bits per heavy atom. The van der Waals surface area contributed by atoms with E-state index in [0.29, 0.717) is 11.9 Å². The van der Waals surface area contributed by atoms with Crippen molar-refractivity contribution in [3.63, 3.8) is 0 Å². The minimum atomic E-state index is 0.567. The summed E-state index contributed by atoms with van der Waals surface area (Å²) in [5, 5.41) is 0. The number of hydrogen-bond donors (Lipinski definition) is 2. The number of nitrogen functional groups attached to an aromatic ring is 1. The van der Waals surface area contributed by atoms with Crippen LogP contribution in [0.5, 0.6) is 0 Å². The highest BCUT2D eigenvalue weighted by atomic mass is 32.2. The van der Waals surface area contributed by atoms with Gasteiger partial charge in [-0.05, 0) is 12.2 Å². The van der Waals surface area contributed by atoms with Crippen molar-refractivity contribution in [2.45, 2.75) is 12.5 Å². The van der Waals surface area contributed by atoms with Gasteiger partial charge in [0.25, 0.3) is 0 Å². The predicted octanol–water partition coefficient (Wildman–Crippen LogP) is 0.704. The molecular weight excluding hydrogens is 210 g/mol. The van der Waals surface area contributed by atoms with Gasteiger partial charge in [-0.25, -0.2) is 10.8 Å². The lowest BCUT2D eigenvalue weighted by atomic mass is 10.2. The number of anilines is 2. The van der Waals surface area contributed by atoms with Crippen LogP contribution in [0.2, 0.25) is 0 Å². The fraction of sp³-hybridized carbons (Fsp3) is 0.556. The van der Waals surface area contributed by atoms with E-state index in [1.807, 2.05) is 11.8 Å². The quantitative estimate of drug-likeness (QED) is 0.583. The molecule has 1 aliphatic rings. The zero-order valence-electron chi connectivity index (χ0n) is 8.68. The molecule has 0 radical (unpaired) electrons. The van der Waals surface area contributed by atoms with E-state index in [4.69, 9.17) is 5.84 Å². The molecule has 15 heavy (non-hydrogen) atoms. The molecule has 1 atom stereocenters. The molecule has 0 spiro atoms. The Hall–Kier alpha value is -1.01. The summed E-state index contributed by atoms with van der Waals surface area (Å²) >= 11 is 1.98. The first kappa shape index (κ1) is 10.5. The molecular formula is C9H15N5S. The normalized spacial score (nSPS) is 20.3. The maximum absolute atomic E-state index is 5.30. The van der Waals surface area contributed by atoms with Crippen molar-refractivity contribution in [1.29, 1.82) is 0 Å². The van der Waals surface area contributed by atoms with Gasteiger partial charge in [-0.15, -0.1) is 0 Å². The first-order chi connectivity index (χ1) is 7.31. The Kier molecular flexibility index (Phi) is 3.27. The topological polar surface area (TPSA) is 67.1 Å². The van der Waals surface area contributed by atoms with Crippen LogP contribution in [0.15, 0.2) is 12.4 Å². The van der Waals surface area contributed by atoms with Crippen LogP contribution >= 0.6 is 11.8 Å². The molecule has 6 heteroatoms. The highest BCUT2D eigenvalue weighted by Crippen LogP contribution is 2.24. The lowest BCUT2D eigenvalue weighted by Gasteiger charge is -2.24. The average molecular weight is 225 g/mol. The van der Waals surface area contributed by atoms with E-state index in [1.165, 1.54) is 17.9 Å². The van der Waals surface area contributed by atoms with E-state index in [0.717, 1.165) is 5.82 Å². The van der Waals surface area contributed by atoms with Crippen LogP contribution in [0.4, 0.5) is 11.6 Å². The highest BCUT2D eigenvalue weighted by Gasteiger charge is 2.21. The van der Waals surface area contributed by atoms with Crippen molar-refractivity contribution in [1.82, 2.24) is 9.97 Å². The third-order valence-corrected chi connectivity index (χ3v) is 3.73. The molecule has 1 fully saturated rings. The highest BCUT2D eigenvalue weighted by molar-refractivity contribution is 7.99. The number of nitrogens with zero attached hydrogens (tertiary/aromatic N) is 3. The van der Waals surface area contributed by atoms with Crippen LogP contribution in [-0.4, -0.2) is 34.6 Å². The fourth-order valence-corrected chi connectivity index (χ4v) is 2.88. The molecule has 0 amide bonds. The minimum absolute atomic E-state index is 0.567. The standard InChI is InChI=1S/C9H15N5S/c1-14(7-2-3-15-6-7)9-5-11-4-8(12-9)13-10/h4-5,7H,2-3,6,10H2,1H3,(H,12,13). The van der Waals surface area contributed by atoms with E-state index in [1.54, 1.807) is 12.4 Å². The summed E-state index contributed by atoms with van der Waals surface area (Å²) in [7, 11) is 2.06. The maximum Gasteiger partial charge on any atom is 0.160 e.